The summed E-state index contributed by atoms with van der Waals surface area (Å²) in [4.78, 5) is 6.28. The minimum atomic E-state index is -0.274. The highest BCUT2D eigenvalue weighted by atomic mass is 19.1. The summed E-state index contributed by atoms with van der Waals surface area (Å²) >= 11 is 0. The van der Waals surface area contributed by atoms with Crippen molar-refractivity contribution in [3.05, 3.63) is 24.1 Å². The minimum Gasteiger partial charge on any atom is -0.357 e. The van der Waals surface area contributed by atoms with Crippen molar-refractivity contribution in [1.82, 2.24) is 10.3 Å². The summed E-state index contributed by atoms with van der Waals surface area (Å²) < 4.78 is 12.7. The standard InChI is InChI=1S/C11H16FN3/c1-13-10-4-6-15(7-5-10)11-3-2-9(12)8-14-11/h2-3,8,10,13H,4-7H2,1H3. The molecule has 1 aliphatic rings. The Morgan fingerprint density at radius 1 is 1.40 bits per heavy atom. The average molecular weight is 209 g/mol. The van der Waals surface area contributed by atoms with Gasteiger partial charge < -0.3 is 10.2 Å². The van der Waals surface area contributed by atoms with Crippen LogP contribution in [0.1, 0.15) is 12.8 Å². The van der Waals surface area contributed by atoms with Crippen molar-refractivity contribution in [3.63, 3.8) is 0 Å². The van der Waals surface area contributed by atoms with Crippen LogP contribution in [0.25, 0.3) is 0 Å². The first kappa shape index (κ1) is 10.4. The summed E-state index contributed by atoms with van der Waals surface area (Å²) in [6, 6.07) is 3.82. The van der Waals surface area contributed by atoms with E-state index in [9.17, 15) is 4.39 Å². The van der Waals surface area contributed by atoms with E-state index in [2.05, 4.69) is 15.2 Å². The highest BCUT2D eigenvalue weighted by Crippen LogP contribution is 2.17. The number of rotatable bonds is 2. The van der Waals surface area contributed by atoms with E-state index in [4.69, 9.17) is 0 Å². The molecule has 0 amide bonds. The smallest absolute Gasteiger partial charge is 0.141 e. The number of halogens is 1. The maximum atomic E-state index is 12.7. The van der Waals surface area contributed by atoms with Crippen LogP contribution < -0.4 is 10.2 Å². The van der Waals surface area contributed by atoms with Gasteiger partial charge >= 0.3 is 0 Å². The molecule has 1 aromatic heterocycles. The molecule has 1 saturated heterocycles. The van der Waals surface area contributed by atoms with Crippen molar-refractivity contribution < 1.29 is 4.39 Å². The minimum absolute atomic E-state index is 0.274. The maximum Gasteiger partial charge on any atom is 0.141 e. The van der Waals surface area contributed by atoms with Crippen molar-refractivity contribution in [2.45, 2.75) is 18.9 Å². The third kappa shape index (κ3) is 2.45. The summed E-state index contributed by atoms with van der Waals surface area (Å²) in [7, 11) is 2.00. The number of pyridine rings is 1. The molecular weight excluding hydrogens is 193 g/mol. The van der Waals surface area contributed by atoms with Gasteiger partial charge in [0, 0.05) is 19.1 Å². The molecule has 0 aliphatic carbocycles. The van der Waals surface area contributed by atoms with Crippen molar-refractivity contribution in [3.8, 4) is 0 Å². The van der Waals surface area contributed by atoms with Gasteiger partial charge in [0.2, 0.25) is 0 Å². The number of piperidine rings is 1. The Bertz CT molecular complexity index is 304. The van der Waals surface area contributed by atoms with E-state index in [1.54, 1.807) is 6.07 Å². The van der Waals surface area contributed by atoms with E-state index in [1.165, 1.54) is 12.3 Å². The van der Waals surface area contributed by atoms with Crippen molar-refractivity contribution in [2.24, 2.45) is 0 Å². The van der Waals surface area contributed by atoms with Gasteiger partial charge in [0.05, 0.1) is 6.20 Å². The monoisotopic (exact) mass is 209 g/mol. The van der Waals surface area contributed by atoms with Gasteiger partial charge in [0.25, 0.3) is 0 Å². The predicted molar refractivity (Wildman–Crippen MR) is 58.5 cm³/mol. The second-order valence-corrected chi connectivity index (χ2v) is 3.88. The number of anilines is 1. The Morgan fingerprint density at radius 2 is 2.13 bits per heavy atom. The molecule has 0 aromatic carbocycles. The van der Waals surface area contributed by atoms with E-state index in [-0.39, 0.29) is 5.82 Å². The van der Waals surface area contributed by atoms with Crippen LogP contribution >= 0.6 is 0 Å². The van der Waals surface area contributed by atoms with E-state index in [0.29, 0.717) is 6.04 Å². The molecule has 0 unspecified atom stereocenters. The SMILES string of the molecule is CNC1CCN(c2ccc(F)cn2)CC1. The molecule has 2 heterocycles. The van der Waals surface area contributed by atoms with E-state index in [0.717, 1.165) is 31.7 Å². The fraction of sp³-hybridized carbons (Fsp3) is 0.545. The van der Waals surface area contributed by atoms with Gasteiger partial charge in [0.1, 0.15) is 11.6 Å². The van der Waals surface area contributed by atoms with Gasteiger partial charge in [-0.05, 0) is 32.0 Å². The third-order valence-electron chi connectivity index (χ3n) is 2.94. The first-order valence-electron chi connectivity index (χ1n) is 5.33. The van der Waals surface area contributed by atoms with E-state index >= 15 is 0 Å². The van der Waals surface area contributed by atoms with E-state index in [1.807, 2.05) is 7.05 Å². The normalized spacial score (nSPS) is 18.1. The fourth-order valence-electron chi connectivity index (χ4n) is 1.95. The van der Waals surface area contributed by atoms with Gasteiger partial charge in [-0.3, -0.25) is 0 Å². The average Bonchev–Trinajstić information content (AvgIpc) is 2.30. The van der Waals surface area contributed by atoms with Gasteiger partial charge in [-0.25, -0.2) is 9.37 Å². The molecule has 15 heavy (non-hydrogen) atoms. The Morgan fingerprint density at radius 3 is 2.67 bits per heavy atom. The molecule has 2 rings (SSSR count). The fourth-order valence-corrected chi connectivity index (χ4v) is 1.95. The van der Waals surface area contributed by atoms with Gasteiger partial charge in [0.15, 0.2) is 0 Å². The lowest BCUT2D eigenvalue weighted by Crippen LogP contribution is -2.41. The molecule has 0 saturated carbocycles. The summed E-state index contributed by atoms with van der Waals surface area (Å²) in [6.07, 6.45) is 3.52. The second kappa shape index (κ2) is 4.57. The Hall–Kier alpha value is -1.16. The Balaban J connectivity index is 1.98. The Labute approximate surface area is 89.3 Å². The molecule has 3 nitrogen and oxygen atoms in total. The molecule has 1 aromatic rings. The zero-order valence-electron chi connectivity index (χ0n) is 8.91. The van der Waals surface area contributed by atoms with Crippen molar-refractivity contribution in [1.29, 1.82) is 0 Å². The topological polar surface area (TPSA) is 28.2 Å². The number of aromatic nitrogens is 1. The largest absolute Gasteiger partial charge is 0.357 e. The van der Waals surface area contributed by atoms with Crippen LogP contribution in [0.2, 0.25) is 0 Å². The van der Waals surface area contributed by atoms with Crippen LogP contribution in [0.4, 0.5) is 10.2 Å². The lowest BCUT2D eigenvalue weighted by Gasteiger charge is -2.32. The van der Waals surface area contributed by atoms with E-state index < -0.39 is 0 Å². The summed E-state index contributed by atoms with van der Waals surface area (Å²) in [5.74, 6) is 0.606. The van der Waals surface area contributed by atoms with Gasteiger partial charge in [-0.15, -0.1) is 0 Å². The molecule has 1 aliphatic heterocycles. The van der Waals surface area contributed by atoms with Crippen LogP contribution in [0.3, 0.4) is 0 Å². The van der Waals surface area contributed by atoms with Crippen LogP contribution in [-0.4, -0.2) is 31.2 Å². The highest BCUT2D eigenvalue weighted by Gasteiger charge is 2.18. The number of nitrogens with zero attached hydrogens (tertiary/aromatic N) is 2. The molecule has 0 spiro atoms. The van der Waals surface area contributed by atoms with Gasteiger partial charge in [-0.2, -0.15) is 0 Å². The van der Waals surface area contributed by atoms with Crippen LogP contribution in [-0.2, 0) is 0 Å². The molecule has 0 atom stereocenters. The lowest BCUT2D eigenvalue weighted by molar-refractivity contribution is 0.440. The number of hydrogen-bond acceptors (Lipinski definition) is 3. The maximum absolute atomic E-state index is 12.7. The molecule has 1 N–H and O–H groups in total. The van der Waals surface area contributed by atoms with Crippen molar-refractivity contribution in [2.75, 3.05) is 25.0 Å². The zero-order chi connectivity index (χ0) is 10.7. The van der Waals surface area contributed by atoms with Gasteiger partial charge in [-0.1, -0.05) is 0 Å². The predicted octanol–water partition coefficient (Wildman–Crippen LogP) is 1.41. The highest BCUT2D eigenvalue weighted by molar-refractivity contribution is 5.38. The Kier molecular flexibility index (Phi) is 3.16. The van der Waals surface area contributed by atoms with Crippen LogP contribution in [0.15, 0.2) is 18.3 Å². The molecule has 1 fully saturated rings. The first-order valence-corrected chi connectivity index (χ1v) is 5.33. The zero-order valence-corrected chi connectivity index (χ0v) is 8.91. The van der Waals surface area contributed by atoms with Crippen LogP contribution in [0, 0.1) is 5.82 Å². The lowest BCUT2D eigenvalue weighted by atomic mass is 10.1. The second-order valence-electron chi connectivity index (χ2n) is 3.88. The summed E-state index contributed by atoms with van der Waals surface area (Å²) in [5, 5.41) is 3.28. The molecular formula is C11H16FN3. The summed E-state index contributed by atoms with van der Waals surface area (Å²) in [6.45, 7) is 1.98. The number of nitrogens with one attached hydrogen (secondary N) is 1. The number of hydrogen-bond donors (Lipinski definition) is 1. The molecule has 82 valence electrons. The molecule has 4 heteroatoms. The molecule has 0 bridgehead atoms. The summed E-state index contributed by atoms with van der Waals surface area (Å²) in [5.41, 5.74) is 0. The van der Waals surface area contributed by atoms with Crippen molar-refractivity contribution >= 4 is 5.82 Å². The van der Waals surface area contributed by atoms with Crippen LogP contribution in [0.5, 0.6) is 0 Å². The quantitative estimate of drug-likeness (QED) is 0.798. The molecule has 0 radical (unpaired) electrons. The third-order valence-corrected chi connectivity index (χ3v) is 2.94. The first-order chi connectivity index (χ1) is 7.29.